The number of anilines is 3. The topological polar surface area (TPSA) is 655 Å². The highest BCUT2D eigenvalue weighted by Gasteiger charge is 2.29. The van der Waals surface area contributed by atoms with Crippen LogP contribution < -0.4 is 88.3 Å². The Labute approximate surface area is 769 Å². The van der Waals surface area contributed by atoms with Crippen LogP contribution in [0.3, 0.4) is 0 Å². The van der Waals surface area contributed by atoms with Crippen molar-refractivity contribution in [3.63, 3.8) is 0 Å². The fourth-order valence-electron chi connectivity index (χ4n) is 15.2. The highest BCUT2D eigenvalue weighted by Crippen LogP contribution is 2.19. The van der Waals surface area contributed by atoms with Crippen LogP contribution in [0.2, 0.25) is 0 Å². The minimum absolute atomic E-state index is 0.0616. The van der Waals surface area contributed by atoms with Crippen molar-refractivity contribution in [3.05, 3.63) is 50.0 Å². The Morgan fingerprint density at radius 3 is 1.04 bits per heavy atom. The van der Waals surface area contributed by atoms with Crippen molar-refractivity contribution in [1.29, 1.82) is 0 Å². The quantitative estimate of drug-likeness (QED) is 0.0193. The fourth-order valence-corrected chi connectivity index (χ4v) is 15.2. The molecular weight excluding hydrogens is 1710 g/mol. The average Bonchev–Trinajstić information content (AvgIpc) is 1.66. The lowest BCUT2D eigenvalue weighted by Crippen LogP contribution is -2.51. The number of imidazole rings is 3. The van der Waals surface area contributed by atoms with E-state index in [9.17, 15) is 71.9 Å². The smallest absolute Gasteiger partial charge is 0.306 e. The molecule has 0 aromatic carbocycles. The van der Waals surface area contributed by atoms with Gasteiger partial charge in [-0.1, -0.05) is 194 Å². The number of primary amides is 1. The van der Waals surface area contributed by atoms with Gasteiger partial charge in [0.15, 0.2) is 33.5 Å². The molecule has 2 atom stereocenters. The number of ether oxygens (including phenoxy) is 1. The van der Waals surface area contributed by atoms with E-state index < -0.39 is 159 Å². The van der Waals surface area contributed by atoms with Gasteiger partial charge in [0.2, 0.25) is 82.8 Å². The third kappa shape index (κ3) is 42.1. The van der Waals surface area contributed by atoms with Crippen LogP contribution in [0.25, 0.3) is 33.5 Å². The maximum atomic E-state index is 14.5. The number of H-pyrrole nitrogens is 3. The summed E-state index contributed by atoms with van der Waals surface area (Å²) in [5.74, 6) is -9.13. The first-order chi connectivity index (χ1) is 63.7. The van der Waals surface area contributed by atoms with Crippen LogP contribution in [-0.4, -0.2) is 247 Å². The number of unbranched alkanes of at least 4 members (excludes halogenated alkanes) is 30. The van der Waals surface area contributed by atoms with Crippen LogP contribution in [0.15, 0.2) is 33.4 Å². The van der Waals surface area contributed by atoms with Gasteiger partial charge in [-0.05, 0) is 64.5 Å². The second-order valence-corrected chi connectivity index (χ2v) is 33.8. The predicted octanol–water partition coefficient (Wildman–Crippen LogP) is 3.13. The number of rotatable bonds is 73. The van der Waals surface area contributed by atoms with Crippen LogP contribution in [0.1, 0.15) is 271 Å². The third-order valence-electron chi connectivity index (χ3n) is 22.7. The summed E-state index contributed by atoms with van der Waals surface area (Å²) in [7, 11) is 0. The van der Waals surface area contributed by atoms with Gasteiger partial charge in [0.1, 0.15) is 37.8 Å². The van der Waals surface area contributed by atoms with E-state index in [4.69, 9.17) is 39.1 Å². The molecule has 734 valence electrons. The number of amides is 11. The van der Waals surface area contributed by atoms with Gasteiger partial charge < -0.3 is 105 Å². The Hall–Kier alpha value is -12.0. The Morgan fingerprint density at radius 2 is 0.697 bits per heavy atom. The molecule has 6 heterocycles. The van der Waals surface area contributed by atoms with E-state index in [0.717, 1.165) is 72.2 Å². The van der Waals surface area contributed by atoms with Crippen molar-refractivity contribution in [1.82, 2.24) is 110 Å². The average molecular weight is 1850 g/mol. The van der Waals surface area contributed by atoms with E-state index in [1.54, 1.807) is 0 Å². The van der Waals surface area contributed by atoms with Crippen molar-refractivity contribution in [2.24, 2.45) is 17.2 Å². The maximum absolute atomic E-state index is 14.5. The molecule has 0 saturated heterocycles. The number of hydrogen-bond acceptors (Lipinski definition) is 27. The molecule has 6 rings (SSSR count). The molecule has 11 amide bonds. The van der Waals surface area contributed by atoms with Gasteiger partial charge in [0.05, 0.1) is 58.1 Å². The molecule has 0 radical (unpaired) electrons. The lowest BCUT2D eigenvalue weighted by molar-refractivity contribution is -0.150. The molecule has 22 N–H and O–H groups in total. The SMILES string of the molecule is CCCCCCCCCCCCCCCCCC(=O)NCC(CNC(=O)CCCCCCCCCCCCCCCCC)OC(=O)CCC(=O)NC(CCCCN)C(=O)NCCN(CC(=O)NCCN(CC(=O)NCCN(CC(=O)NC(CCCCN)C(N)=O)C(=O)Cn1cnc2c(=O)[nH]c(N)nc21)C(=O)Cn1cnc2c(=O)[nH]c(N)nc21)C(=O)Cn1cnc2c(=O)[nH]c(N)nc21. The zero-order valence-corrected chi connectivity index (χ0v) is 77.4. The van der Waals surface area contributed by atoms with Crippen molar-refractivity contribution < 1.29 is 62.3 Å². The van der Waals surface area contributed by atoms with Gasteiger partial charge in [0, 0.05) is 58.5 Å². The number of carbonyl (C=O) groups excluding carboxylic acids is 12. The first kappa shape index (κ1) is 109. The zero-order valence-electron chi connectivity index (χ0n) is 77.4. The molecule has 0 bridgehead atoms. The second-order valence-electron chi connectivity index (χ2n) is 33.8. The fraction of sp³-hybridized carbons (Fsp3) is 0.693. The number of carbonyl (C=O) groups is 12. The number of nitrogen functional groups attached to an aromatic ring is 3. The highest BCUT2D eigenvalue weighted by molar-refractivity contribution is 5.92. The first-order valence-electron chi connectivity index (χ1n) is 47.5. The van der Waals surface area contributed by atoms with Gasteiger partial charge >= 0.3 is 5.97 Å². The van der Waals surface area contributed by atoms with Crippen LogP contribution in [0, 0.1) is 0 Å². The molecule has 2 unspecified atom stereocenters. The monoisotopic (exact) mass is 1850 g/mol. The van der Waals surface area contributed by atoms with Gasteiger partial charge in [0.25, 0.3) is 16.7 Å². The number of fused-ring (bicyclic) bond motifs is 3. The molecule has 0 spiro atoms. The Morgan fingerprint density at radius 1 is 0.379 bits per heavy atom. The van der Waals surface area contributed by atoms with E-state index in [0.29, 0.717) is 45.1 Å². The van der Waals surface area contributed by atoms with Crippen molar-refractivity contribution in [2.45, 2.75) is 309 Å². The predicted molar refractivity (Wildman–Crippen MR) is 500 cm³/mol. The number of nitrogens with two attached hydrogens (primary N) is 6. The van der Waals surface area contributed by atoms with Crippen molar-refractivity contribution in [2.75, 3.05) is 102 Å². The molecule has 0 aliphatic rings. The number of esters is 1. The van der Waals surface area contributed by atoms with Crippen LogP contribution in [-0.2, 0) is 81.9 Å². The van der Waals surface area contributed by atoms with E-state index in [2.05, 4.69) is 95.9 Å². The minimum atomic E-state index is -1.20. The lowest BCUT2D eigenvalue weighted by Gasteiger charge is -2.26. The van der Waals surface area contributed by atoms with Crippen molar-refractivity contribution >= 4 is 122 Å². The van der Waals surface area contributed by atoms with Crippen LogP contribution in [0.5, 0.6) is 0 Å². The van der Waals surface area contributed by atoms with E-state index in [1.165, 1.54) is 155 Å². The number of aromatic amines is 3. The second kappa shape index (κ2) is 62.4. The molecule has 0 aliphatic carbocycles. The lowest BCUT2D eigenvalue weighted by atomic mass is 10.0. The summed E-state index contributed by atoms with van der Waals surface area (Å²) >= 11 is 0. The summed E-state index contributed by atoms with van der Waals surface area (Å²) in [5, 5.41) is 19.0. The summed E-state index contributed by atoms with van der Waals surface area (Å²) in [5.41, 5.74) is 31.8. The molecule has 6 aromatic rings. The maximum Gasteiger partial charge on any atom is 0.306 e. The molecule has 44 heteroatoms. The van der Waals surface area contributed by atoms with Gasteiger partial charge in [-0.3, -0.25) is 86.9 Å². The molecule has 6 aromatic heterocycles. The molecule has 0 aliphatic heterocycles. The Balaban J connectivity index is 1.08. The molecular formula is C88H146N28O16. The normalized spacial score (nSPS) is 11.8. The van der Waals surface area contributed by atoms with Crippen LogP contribution in [0.4, 0.5) is 17.8 Å². The number of nitrogens with zero attached hydrogens (tertiary/aromatic N) is 12. The number of hydrogen-bond donors (Lipinski definition) is 16. The Kier molecular flexibility index (Phi) is 51.4. The highest BCUT2D eigenvalue weighted by atomic mass is 16.5. The van der Waals surface area contributed by atoms with Crippen molar-refractivity contribution in [3.8, 4) is 0 Å². The molecule has 44 nitrogen and oxygen atoms in total. The van der Waals surface area contributed by atoms with E-state index >= 15 is 0 Å². The van der Waals surface area contributed by atoms with E-state index in [-0.39, 0.29) is 135 Å². The molecule has 0 saturated carbocycles. The number of nitrogens with one attached hydrogen (secondary N) is 10. The van der Waals surface area contributed by atoms with Gasteiger partial charge in [-0.15, -0.1) is 0 Å². The van der Waals surface area contributed by atoms with Crippen LogP contribution >= 0.6 is 0 Å². The molecule has 0 fully saturated rings. The Bertz CT molecular complexity index is 4720. The zero-order chi connectivity index (χ0) is 95.8. The van der Waals surface area contributed by atoms with Gasteiger partial charge in [-0.25, -0.2) is 15.0 Å². The summed E-state index contributed by atoms with van der Waals surface area (Å²) < 4.78 is 9.45. The summed E-state index contributed by atoms with van der Waals surface area (Å²) in [6, 6.07) is -2.33. The summed E-state index contributed by atoms with van der Waals surface area (Å²) in [6.45, 7) is -1.23. The largest absolute Gasteiger partial charge is 0.459 e. The van der Waals surface area contributed by atoms with E-state index in [1.807, 2.05) is 0 Å². The number of aromatic nitrogens is 12. The summed E-state index contributed by atoms with van der Waals surface area (Å²) in [6.07, 6.45) is 39.8. The summed E-state index contributed by atoms with van der Waals surface area (Å²) in [4.78, 5) is 238. The minimum Gasteiger partial charge on any atom is -0.459 e. The first-order valence-corrected chi connectivity index (χ1v) is 47.5. The van der Waals surface area contributed by atoms with Gasteiger partial charge in [-0.2, -0.15) is 15.0 Å². The molecule has 132 heavy (non-hydrogen) atoms. The standard InChI is InChI=1S/C88H146N28O16/c1-3-5-7-9-11-13-15-17-19-21-23-25-27-29-31-39-65(117)98-51-62(52-99-66(118)40-32-30-28-26-24-22-20-18-16-14-12-10-8-6-4-2)132-74(126)42-41-67(119)104-64(38-34-36-44-90)82(128)97-47-50-112(72(124)57-115-60-101-76-80(115)106-87(93)109-84(76)130)54-69(121)95-45-48-111(71(123)56-114-59-100-75-79(114)105-86(92)108-83(75)129)53-68(120)96-46-49-113(55-70(122)103-63(78(91)127)37-33-35-43-89)73(125)58-116-61-102-77-81(116)107-88(94)110-85(77)131/h59-64H,3-58,89-90H2,1-2H3,(H2,91,127)(H,95,121)(H,96,120)(H,97,128)(H,98,117)(H,99,118)(H,103,122)(H,104,119)(H3,92,105,108,129)(H3,93,106,109,130)(H3,94,107,110,131). The third-order valence-corrected chi connectivity index (χ3v) is 22.7.